The van der Waals surface area contributed by atoms with Gasteiger partial charge in [0, 0.05) is 11.6 Å². The lowest BCUT2D eigenvalue weighted by Gasteiger charge is -2.31. The number of nitrogens with two attached hydrogens (primary N) is 2. The molecule has 1 heterocycles. The van der Waals surface area contributed by atoms with Gasteiger partial charge in [-0.3, -0.25) is 0 Å². The van der Waals surface area contributed by atoms with Crippen molar-refractivity contribution in [3.63, 3.8) is 0 Å². The van der Waals surface area contributed by atoms with Crippen LogP contribution >= 0.6 is 11.6 Å². The van der Waals surface area contributed by atoms with E-state index < -0.39 is 22.8 Å². The number of fused-ring (bicyclic) bond motifs is 1. The predicted octanol–water partition coefficient (Wildman–Crippen LogP) is 3.35. The third-order valence-electron chi connectivity index (χ3n) is 3.61. The Balaban J connectivity index is 2.07. The van der Waals surface area contributed by atoms with Crippen molar-refractivity contribution < 1.29 is 13.5 Å². The number of hydrogen-bond acceptors (Lipinski definition) is 5. The number of hydrogen-bond donors (Lipinski definition) is 2. The zero-order chi connectivity index (χ0) is 16.7. The predicted molar refractivity (Wildman–Crippen MR) is 86.3 cm³/mol. The minimum absolute atomic E-state index is 0.0210. The molecule has 0 bridgehead atoms. The molecule has 1 aliphatic heterocycles. The third kappa shape index (κ3) is 2.47. The van der Waals surface area contributed by atoms with Gasteiger partial charge in [-0.2, -0.15) is 0 Å². The summed E-state index contributed by atoms with van der Waals surface area (Å²) in [6.07, 6.45) is 0.599. The summed E-state index contributed by atoms with van der Waals surface area (Å²) in [4.78, 5) is 5.58. The van der Waals surface area contributed by atoms with Crippen LogP contribution in [0.5, 0.6) is 5.75 Å². The van der Waals surface area contributed by atoms with E-state index in [0.29, 0.717) is 22.7 Å². The van der Waals surface area contributed by atoms with E-state index in [9.17, 15) is 8.78 Å². The fourth-order valence-corrected chi connectivity index (χ4v) is 2.56. The molecule has 0 spiro atoms. The fraction of sp³-hybridized carbons (Fsp3) is 0.133. The van der Waals surface area contributed by atoms with E-state index in [4.69, 9.17) is 27.8 Å². The molecule has 1 unspecified atom stereocenters. The largest absolute Gasteiger partial charge is 0.495 e. The molecule has 5 nitrogen and oxygen atoms in total. The topological polar surface area (TPSA) is 76.9 Å². The number of nitrogens with zero attached hydrogens (tertiary/aromatic N) is 2. The molecule has 0 saturated heterocycles. The van der Waals surface area contributed by atoms with Crippen molar-refractivity contribution in [3.8, 4) is 5.75 Å². The number of benzene rings is 2. The molecule has 0 fully saturated rings. The number of anilines is 2. The van der Waals surface area contributed by atoms with Crippen LogP contribution in [0.4, 0.5) is 25.8 Å². The normalized spacial score (nSPS) is 16.4. The number of halogens is 3. The Morgan fingerprint density at radius 3 is 2.74 bits per heavy atom. The second kappa shape index (κ2) is 5.68. The van der Waals surface area contributed by atoms with Gasteiger partial charge in [0.25, 0.3) is 0 Å². The Kier molecular flexibility index (Phi) is 3.83. The molecule has 0 radical (unpaired) electrons. The molecule has 1 aliphatic rings. The highest BCUT2D eigenvalue weighted by molar-refractivity contribution is 6.31. The highest BCUT2D eigenvalue weighted by Gasteiger charge is 2.27. The second-order valence-electron chi connectivity index (χ2n) is 4.94. The highest BCUT2D eigenvalue weighted by Crippen LogP contribution is 2.39. The quantitative estimate of drug-likeness (QED) is 0.650. The zero-order valence-corrected chi connectivity index (χ0v) is 12.8. The number of aliphatic imine (C=N–C) groups is 1. The minimum Gasteiger partial charge on any atom is -0.495 e. The van der Waals surface area contributed by atoms with Gasteiger partial charge in [0.2, 0.25) is 0 Å². The van der Waals surface area contributed by atoms with Gasteiger partial charge < -0.3 is 21.1 Å². The molecule has 0 saturated carbocycles. The summed E-state index contributed by atoms with van der Waals surface area (Å²) in [6.45, 7) is 0. The average molecular weight is 339 g/mol. The first-order chi connectivity index (χ1) is 10.9. The van der Waals surface area contributed by atoms with Crippen LogP contribution in [0.1, 0.15) is 11.7 Å². The van der Waals surface area contributed by atoms with Crippen LogP contribution in [-0.4, -0.2) is 13.4 Å². The second-order valence-corrected chi connectivity index (χ2v) is 5.32. The maximum absolute atomic E-state index is 14.2. The van der Waals surface area contributed by atoms with E-state index in [1.807, 2.05) is 0 Å². The molecule has 8 heteroatoms. The van der Waals surface area contributed by atoms with Gasteiger partial charge in [0.1, 0.15) is 22.8 Å². The summed E-state index contributed by atoms with van der Waals surface area (Å²) in [5, 5.41) is -0.594. The lowest BCUT2D eigenvalue weighted by Crippen LogP contribution is -2.36. The Morgan fingerprint density at radius 2 is 2.04 bits per heavy atom. The molecular formula is C15H13ClF2N4O. The van der Waals surface area contributed by atoms with E-state index in [1.165, 1.54) is 24.4 Å². The monoisotopic (exact) mass is 338 g/mol. The van der Waals surface area contributed by atoms with E-state index >= 15 is 0 Å². The van der Waals surface area contributed by atoms with Crippen LogP contribution in [0.3, 0.4) is 0 Å². The molecule has 0 amide bonds. The van der Waals surface area contributed by atoms with Gasteiger partial charge in [0.05, 0.1) is 30.5 Å². The summed E-state index contributed by atoms with van der Waals surface area (Å²) >= 11 is 5.62. The van der Waals surface area contributed by atoms with Crippen molar-refractivity contribution in [1.29, 1.82) is 0 Å². The summed E-state index contributed by atoms with van der Waals surface area (Å²) in [5.41, 5.74) is 13.6. The molecule has 0 aliphatic carbocycles. The molecule has 4 N–H and O–H groups in total. The van der Waals surface area contributed by atoms with Crippen LogP contribution in [0.15, 0.2) is 29.3 Å². The number of rotatable bonds is 2. The molecular weight excluding hydrogens is 326 g/mol. The third-order valence-corrected chi connectivity index (χ3v) is 3.96. The summed E-state index contributed by atoms with van der Waals surface area (Å²) < 4.78 is 32.7. The smallest absolute Gasteiger partial charge is 0.168 e. The van der Waals surface area contributed by atoms with Crippen molar-refractivity contribution in [2.24, 2.45) is 10.7 Å². The van der Waals surface area contributed by atoms with Crippen LogP contribution in [0, 0.1) is 11.6 Å². The number of ether oxygens (including phenoxy) is 1. The Morgan fingerprint density at radius 1 is 1.30 bits per heavy atom. The lowest BCUT2D eigenvalue weighted by molar-refractivity contribution is 0.417. The van der Waals surface area contributed by atoms with Gasteiger partial charge in [-0.15, -0.1) is 0 Å². The molecule has 2 aromatic rings. The first-order valence-corrected chi connectivity index (χ1v) is 7.01. The van der Waals surface area contributed by atoms with Crippen molar-refractivity contribution >= 4 is 35.0 Å². The van der Waals surface area contributed by atoms with E-state index in [1.54, 1.807) is 12.1 Å². The van der Waals surface area contributed by atoms with Crippen molar-refractivity contribution in [1.82, 2.24) is 0 Å². The van der Waals surface area contributed by atoms with Crippen molar-refractivity contribution in [2.45, 2.75) is 6.17 Å². The molecule has 3 rings (SSSR count). The average Bonchev–Trinajstić information content (AvgIpc) is 2.54. The lowest BCUT2D eigenvalue weighted by atomic mass is 10.1. The van der Waals surface area contributed by atoms with Crippen LogP contribution in [0.2, 0.25) is 5.02 Å². The van der Waals surface area contributed by atoms with Crippen LogP contribution < -0.4 is 21.1 Å². The molecule has 1 atom stereocenters. The van der Waals surface area contributed by atoms with Gasteiger partial charge in [-0.1, -0.05) is 11.6 Å². The molecule has 0 aromatic heterocycles. The SMILES string of the molecule is COc1cc2c(cc1N)C(N)N(c1ccc(F)c(Cl)c1F)C=N2. The standard InChI is InChI=1S/C15H13ClF2N4O/c1-23-12-5-10-7(4-9(12)19)15(20)22(6-21-10)11-3-2-8(17)13(16)14(11)18/h2-6,15H,19-20H2,1H3. The molecule has 120 valence electrons. The van der Waals surface area contributed by atoms with E-state index in [-0.39, 0.29) is 5.69 Å². The van der Waals surface area contributed by atoms with Gasteiger partial charge in [-0.05, 0) is 18.2 Å². The number of methoxy groups -OCH3 is 1. The molecule has 23 heavy (non-hydrogen) atoms. The van der Waals surface area contributed by atoms with E-state index in [2.05, 4.69) is 4.99 Å². The fourth-order valence-electron chi connectivity index (χ4n) is 2.40. The molecule has 2 aromatic carbocycles. The van der Waals surface area contributed by atoms with Crippen molar-refractivity contribution in [3.05, 3.63) is 46.5 Å². The van der Waals surface area contributed by atoms with Crippen LogP contribution in [0.25, 0.3) is 0 Å². The Hall–Kier alpha value is -2.38. The van der Waals surface area contributed by atoms with Crippen molar-refractivity contribution in [2.75, 3.05) is 17.7 Å². The maximum atomic E-state index is 14.2. The highest BCUT2D eigenvalue weighted by atomic mass is 35.5. The summed E-state index contributed by atoms with van der Waals surface area (Å²) in [6, 6.07) is 5.58. The number of nitrogen functional groups attached to an aromatic ring is 1. The summed E-state index contributed by atoms with van der Waals surface area (Å²) in [7, 11) is 1.49. The maximum Gasteiger partial charge on any atom is 0.168 e. The minimum atomic E-state index is -0.904. The van der Waals surface area contributed by atoms with Crippen LogP contribution in [-0.2, 0) is 0 Å². The Bertz CT molecular complexity index is 813. The van der Waals surface area contributed by atoms with E-state index in [0.717, 1.165) is 6.07 Å². The summed E-state index contributed by atoms with van der Waals surface area (Å²) in [5.74, 6) is -1.28. The first kappa shape index (κ1) is 15.5. The Labute approximate surface area is 136 Å². The first-order valence-electron chi connectivity index (χ1n) is 6.63. The van der Waals surface area contributed by atoms with Gasteiger partial charge in [0.15, 0.2) is 5.82 Å². The zero-order valence-electron chi connectivity index (χ0n) is 12.1. The van der Waals surface area contributed by atoms with Gasteiger partial charge >= 0.3 is 0 Å². The van der Waals surface area contributed by atoms with Gasteiger partial charge in [-0.25, -0.2) is 13.8 Å².